The predicted molar refractivity (Wildman–Crippen MR) is 118 cm³/mol. The fourth-order valence-corrected chi connectivity index (χ4v) is 3.18. The van der Waals surface area contributed by atoms with E-state index in [1.807, 2.05) is 18.3 Å². The molecule has 0 spiro atoms. The van der Waals surface area contributed by atoms with Crippen LogP contribution in [-0.2, 0) is 13.0 Å². The lowest BCUT2D eigenvalue weighted by Gasteiger charge is -2.11. The average molecular weight is 490 g/mol. The molecule has 2 aromatic heterocycles. The van der Waals surface area contributed by atoms with E-state index in [4.69, 9.17) is 4.42 Å². The van der Waals surface area contributed by atoms with Crippen LogP contribution >= 0.6 is 35.3 Å². The van der Waals surface area contributed by atoms with Crippen LogP contribution in [0.5, 0.6) is 0 Å². The number of aryl methyl sites for hydroxylation is 2. The summed E-state index contributed by atoms with van der Waals surface area (Å²) in [5.41, 5.74) is 0.847. The summed E-state index contributed by atoms with van der Waals surface area (Å²) in [4.78, 5) is 18.8. The van der Waals surface area contributed by atoms with E-state index in [2.05, 4.69) is 40.0 Å². The highest BCUT2D eigenvalue weighted by molar-refractivity contribution is 14.0. The fraction of sp³-hybridized carbons (Fsp3) is 0.444. The molecule has 1 amide bonds. The van der Waals surface area contributed by atoms with Crippen molar-refractivity contribution in [2.45, 2.75) is 33.2 Å². The van der Waals surface area contributed by atoms with Gasteiger partial charge in [-0.3, -0.25) is 9.79 Å². The number of guanidine groups is 1. The highest BCUT2D eigenvalue weighted by atomic mass is 127. The molecule has 0 saturated carbocycles. The smallest absolute Gasteiger partial charge is 0.287 e. The number of amides is 1. The zero-order valence-electron chi connectivity index (χ0n) is 15.4. The van der Waals surface area contributed by atoms with Crippen LogP contribution in [0.1, 0.15) is 39.2 Å². The van der Waals surface area contributed by atoms with Crippen molar-refractivity contribution in [3.63, 3.8) is 0 Å². The first-order valence-electron chi connectivity index (χ1n) is 8.48. The summed E-state index contributed by atoms with van der Waals surface area (Å²) >= 11 is 1.82. The van der Waals surface area contributed by atoms with Gasteiger partial charge in [-0.05, 0) is 38.0 Å². The molecule has 26 heavy (non-hydrogen) atoms. The van der Waals surface area contributed by atoms with Gasteiger partial charge in [-0.2, -0.15) is 0 Å². The zero-order chi connectivity index (χ0) is 18.1. The van der Waals surface area contributed by atoms with E-state index >= 15 is 0 Å². The third-order valence-corrected chi connectivity index (χ3v) is 4.95. The van der Waals surface area contributed by atoms with E-state index < -0.39 is 0 Å². The lowest BCUT2D eigenvalue weighted by Crippen LogP contribution is -2.38. The molecule has 2 aromatic rings. The van der Waals surface area contributed by atoms with Gasteiger partial charge in [0.15, 0.2) is 11.7 Å². The first-order valence-corrected chi connectivity index (χ1v) is 9.30. The van der Waals surface area contributed by atoms with Crippen LogP contribution in [0.4, 0.5) is 0 Å². The largest absolute Gasteiger partial charge is 0.459 e. The van der Waals surface area contributed by atoms with E-state index in [1.54, 1.807) is 13.1 Å². The molecule has 144 valence electrons. The Morgan fingerprint density at radius 1 is 1.15 bits per heavy atom. The van der Waals surface area contributed by atoms with E-state index in [0.717, 1.165) is 37.5 Å². The van der Waals surface area contributed by atoms with E-state index in [-0.39, 0.29) is 29.9 Å². The highest BCUT2D eigenvalue weighted by Crippen LogP contribution is 2.16. The Morgan fingerprint density at radius 3 is 2.50 bits per heavy atom. The Morgan fingerprint density at radius 2 is 1.88 bits per heavy atom. The molecule has 0 atom stereocenters. The molecular weight excluding hydrogens is 463 g/mol. The Hall–Kier alpha value is -1.55. The van der Waals surface area contributed by atoms with Gasteiger partial charge in [0.05, 0.1) is 12.8 Å². The van der Waals surface area contributed by atoms with Crippen molar-refractivity contribution in [2.24, 2.45) is 4.99 Å². The summed E-state index contributed by atoms with van der Waals surface area (Å²) in [5, 5.41) is 9.40. The molecule has 0 fully saturated rings. The predicted octanol–water partition coefficient (Wildman–Crippen LogP) is 3.32. The second-order valence-electron chi connectivity index (χ2n) is 5.62. The fourth-order valence-electron chi connectivity index (χ4n) is 2.28. The number of halogens is 1. The van der Waals surface area contributed by atoms with Crippen LogP contribution in [0.2, 0.25) is 0 Å². The molecule has 0 radical (unpaired) electrons. The summed E-state index contributed by atoms with van der Waals surface area (Å²) in [7, 11) is 1.75. The number of hydrogen-bond donors (Lipinski definition) is 3. The van der Waals surface area contributed by atoms with Crippen molar-refractivity contribution in [1.29, 1.82) is 0 Å². The molecule has 0 aliphatic carbocycles. The Bertz CT molecular complexity index is 712. The van der Waals surface area contributed by atoms with Gasteiger partial charge in [0.1, 0.15) is 0 Å². The molecule has 0 aliphatic rings. The first kappa shape index (κ1) is 22.5. The molecular formula is C18H27IN4O2S. The van der Waals surface area contributed by atoms with Crippen LogP contribution in [0.25, 0.3) is 0 Å². The minimum atomic E-state index is -0.172. The molecule has 0 saturated heterocycles. The number of carbonyl (C=O) groups excluding carboxylic acids is 1. The summed E-state index contributed by atoms with van der Waals surface area (Å²) in [6, 6.07) is 6.10. The standard InChI is InChI=1S/C18H26N4O2S.HI/c1-4-14-6-7-15(25-14)12-22-18(19-3)21-10-5-9-20-17(23)16-13(2)8-11-24-16;/h6-8,11H,4-5,9-10,12H2,1-3H3,(H,20,23)(H2,19,21,22);1H. The maximum absolute atomic E-state index is 11.9. The highest BCUT2D eigenvalue weighted by Gasteiger charge is 2.11. The molecule has 0 aromatic carbocycles. The van der Waals surface area contributed by atoms with Gasteiger partial charge in [-0.15, -0.1) is 35.3 Å². The minimum Gasteiger partial charge on any atom is -0.459 e. The summed E-state index contributed by atoms with van der Waals surface area (Å²) in [6.07, 6.45) is 3.39. The Labute approximate surface area is 175 Å². The van der Waals surface area contributed by atoms with Crippen molar-refractivity contribution >= 4 is 47.2 Å². The third-order valence-electron chi connectivity index (χ3n) is 3.72. The van der Waals surface area contributed by atoms with Gasteiger partial charge in [-0.25, -0.2) is 0 Å². The third kappa shape index (κ3) is 6.99. The SMILES string of the molecule is CCc1ccc(CNC(=NC)NCCCNC(=O)c2occc2C)s1.I. The summed E-state index contributed by atoms with van der Waals surface area (Å²) < 4.78 is 5.17. The summed E-state index contributed by atoms with van der Waals surface area (Å²) in [6.45, 7) is 6.08. The minimum absolute atomic E-state index is 0. The number of hydrogen-bond acceptors (Lipinski definition) is 4. The summed E-state index contributed by atoms with van der Waals surface area (Å²) in [5.74, 6) is 0.974. The van der Waals surface area contributed by atoms with Crippen molar-refractivity contribution in [1.82, 2.24) is 16.0 Å². The molecule has 0 bridgehead atoms. The maximum Gasteiger partial charge on any atom is 0.287 e. The normalized spacial score (nSPS) is 11.0. The maximum atomic E-state index is 11.9. The first-order chi connectivity index (χ1) is 12.1. The molecule has 8 heteroatoms. The van der Waals surface area contributed by atoms with Gasteiger partial charge >= 0.3 is 0 Å². The van der Waals surface area contributed by atoms with Crippen LogP contribution in [0, 0.1) is 6.92 Å². The molecule has 6 nitrogen and oxygen atoms in total. The average Bonchev–Trinajstić information content (AvgIpc) is 3.25. The van der Waals surface area contributed by atoms with Crippen LogP contribution in [0.3, 0.4) is 0 Å². The molecule has 0 unspecified atom stereocenters. The monoisotopic (exact) mass is 490 g/mol. The lowest BCUT2D eigenvalue weighted by atomic mass is 10.2. The van der Waals surface area contributed by atoms with Gasteiger partial charge < -0.3 is 20.4 Å². The van der Waals surface area contributed by atoms with Gasteiger partial charge in [0.2, 0.25) is 0 Å². The van der Waals surface area contributed by atoms with Crippen LogP contribution in [-0.4, -0.2) is 32.0 Å². The van der Waals surface area contributed by atoms with Gasteiger partial charge in [0.25, 0.3) is 5.91 Å². The second-order valence-corrected chi connectivity index (χ2v) is 6.87. The second kappa shape index (κ2) is 11.9. The van der Waals surface area contributed by atoms with Crippen LogP contribution < -0.4 is 16.0 Å². The van der Waals surface area contributed by atoms with Crippen molar-refractivity contribution in [3.8, 4) is 0 Å². The number of thiophene rings is 1. The Balaban J connectivity index is 0.00000338. The number of carbonyl (C=O) groups is 1. The van der Waals surface area contributed by atoms with Crippen LogP contribution in [0.15, 0.2) is 33.9 Å². The zero-order valence-corrected chi connectivity index (χ0v) is 18.6. The molecule has 2 rings (SSSR count). The van der Waals surface area contributed by atoms with Gasteiger partial charge in [0, 0.05) is 35.5 Å². The van der Waals surface area contributed by atoms with Gasteiger partial charge in [-0.1, -0.05) is 6.92 Å². The molecule has 0 aliphatic heterocycles. The quantitative estimate of drug-likeness (QED) is 0.230. The number of nitrogens with one attached hydrogen (secondary N) is 3. The molecule has 3 N–H and O–H groups in total. The van der Waals surface area contributed by atoms with E-state index in [1.165, 1.54) is 16.0 Å². The Kier molecular flexibility index (Phi) is 10.3. The van der Waals surface area contributed by atoms with Crippen molar-refractivity contribution < 1.29 is 9.21 Å². The van der Waals surface area contributed by atoms with Crippen molar-refractivity contribution in [3.05, 3.63) is 45.5 Å². The number of furan rings is 1. The topological polar surface area (TPSA) is 78.7 Å². The molecule has 2 heterocycles. The number of rotatable bonds is 8. The number of nitrogens with zero attached hydrogens (tertiary/aromatic N) is 1. The van der Waals surface area contributed by atoms with Crippen molar-refractivity contribution in [2.75, 3.05) is 20.1 Å². The van der Waals surface area contributed by atoms with E-state index in [0.29, 0.717) is 12.3 Å². The van der Waals surface area contributed by atoms with E-state index in [9.17, 15) is 4.79 Å². The number of aliphatic imine (C=N–C) groups is 1. The lowest BCUT2D eigenvalue weighted by molar-refractivity contribution is 0.0925.